The van der Waals surface area contributed by atoms with Gasteiger partial charge in [-0.05, 0) is 43.9 Å². The minimum absolute atomic E-state index is 0.0897. The van der Waals surface area contributed by atoms with Crippen LogP contribution in [-0.2, 0) is 16.6 Å². The van der Waals surface area contributed by atoms with Gasteiger partial charge in [-0.1, -0.05) is 0 Å². The van der Waals surface area contributed by atoms with Crippen molar-refractivity contribution in [2.24, 2.45) is 7.05 Å². The van der Waals surface area contributed by atoms with Crippen molar-refractivity contribution >= 4 is 28.4 Å². The summed E-state index contributed by atoms with van der Waals surface area (Å²) in [6, 6.07) is 5.54. The van der Waals surface area contributed by atoms with Crippen LogP contribution in [0.2, 0.25) is 0 Å². The van der Waals surface area contributed by atoms with Gasteiger partial charge in [0.1, 0.15) is 5.82 Å². The number of anilines is 1. The van der Waals surface area contributed by atoms with E-state index in [2.05, 4.69) is 0 Å². The predicted octanol–water partition coefficient (Wildman–Crippen LogP) is 2.42. The van der Waals surface area contributed by atoms with E-state index in [1.165, 1.54) is 28.8 Å². The maximum absolute atomic E-state index is 14.6. The Bertz CT molecular complexity index is 975. The van der Waals surface area contributed by atoms with Crippen LogP contribution in [-0.4, -0.2) is 16.4 Å². The van der Waals surface area contributed by atoms with Crippen molar-refractivity contribution in [2.45, 2.75) is 25.7 Å². The maximum Gasteiger partial charge on any atom is 0.261 e. The lowest BCUT2D eigenvalue weighted by Gasteiger charge is -2.17. The van der Waals surface area contributed by atoms with Crippen molar-refractivity contribution in [3.8, 4) is 0 Å². The van der Waals surface area contributed by atoms with Crippen LogP contribution in [0.5, 0.6) is 0 Å². The third kappa shape index (κ3) is 1.95. The summed E-state index contributed by atoms with van der Waals surface area (Å²) in [6.07, 6.45) is 2.84. The number of halogens is 1. The molecule has 0 fully saturated rings. The molecule has 5 nitrogen and oxygen atoms in total. The van der Waals surface area contributed by atoms with Crippen LogP contribution in [0, 0.1) is 5.82 Å². The SMILES string of the molecule is Cn1c(=O)ccc2cc(F)c(N3C(=O)C4=C(CCCC4)C3=O)cc21. The Balaban J connectivity index is 1.90. The van der Waals surface area contributed by atoms with E-state index in [-0.39, 0.29) is 11.2 Å². The van der Waals surface area contributed by atoms with Crippen LogP contribution in [0.4, 0.5) is 10.1 Å². The number of rotatable bonds is 1. The molecule has 0 saturated carbocycles. The number of fused-ring (bicyclic) bond motifs is 1. The van der Waals surface area contributed by atoms with Gasteiger partial charge in [0.2, 0.25) is 0 Å². The van der Waals surface area contributed by atoms with E-state index < -0.39 is 17.6 Å². The molecule has 2 aromatic rings. The highest BCUT2D eigenvalue weighted by Gasteiger charge is 2.40. The Morgan fingerprint density at radius 1 is 0.958 bits per heavy atom. The van der Waals surface area contributed by atoms with Crippen molar-refractivity contribution in [3.05, 3.63) is 51.6 Å². The number of hydrogen-bond acceptors (Lipinski definition) is 3. The third-order valence-electron chi connectivity index (χ3n) is 4.82. The molecule has 4 rings (SSSR count). The first kappa shape index (κ1) is 14.8. The molecule has 1 aliphatic carbocycles. The summed E-state index contributed by atoms with van der Waals surface area (Å²) in [5.41, 5.74) is 1.16. The molecule has 122 valence electrons. The summed E-state index contributed by atoms with van der Waals surface area (Å²) in [6.45, 7) is 0. The van der Waals surface area contributed by atoms with Crippen molar-refractivity contribution in [2.75, 3.05) is 4.90 Å². The molecule has 0 spiro atoms. The average molecular weight is 326 g/mol. The van der Waals surface area contributed by atoms with E-state index in [1.54, 1.807) is 7.05 Å². The number of benzene rings is 1. The van der Waals surface area contributed by atoms with Gasteiger partial charge >= 0.3 is 0 Å². The molecule has 2 heterocycles. The average Bonchev–Trinajstić information content (AvgIpc) is 2.83. The monoisotopic (exact) mass is 326 g/mol. The van der Waals surface area contributed by atoms with E-state index in [0.717, 1.165) is 17.7 Å². The first-order valence-electron chi connectivity index (χ1n) is 7.89. The number of imide groups is 1. The van der Waals surface area contributed by atoms with Gasteiger partial charge in [0.15, 0.2) is 0 Å². The highest BCUT2D eigenvalue weighted by molar-refractivity contribution is 6.33. The molecular formula is C18H15FN2O3. The number of carbonyl (C=O) groups is 2. The van der Waals surface area contributed by atoms with Crippen LogP contribution in [0.15, 0.2) is 40.2 Å². The molecule has 1 aliphatic heterocycles. The zero-order valence-electron chi connectivity index (χ0n) is 13.1. The topological polar surface area (TPSA) is 59.4 Å². The highest BCUT2D eigenvalue weighted by Crippen LogP contribution is 2.37. The molecule has 2 aliphatic rings. The molecule has 0 radical (unpaired) electrons. The van der Waals surface area contributed by atoms with E-state index in [4.69, 9.17) is 0 Å². The van der Waals surface area contributed by atoms with Gasteiger partial charge in [-0.25, -0.2) is 9.29 Å². The second-order valence-electron chi connectivity index (χ2n) is 6.20. The summed E-state index contributed by atoms with van der Waals surface area (Å²) in [7, 11) is 1.57. The van der Waals surface area contributed by atoms with Crippen molar-refractivity contribution in [1.82, 2.24) is 4.57 Å². The smallest absolute Gasteiger partial charge is 0.261 e. The van der Waals surface area contributed by atoms with Gasteiger partial charge in [0.25, 0.3) is 17.4 Å². The quantitative estimate of drug-likeness (QED) is 0.756. The van der Waals surface area contributed by atoms with Gasteiger partial charge < -0.3 is 4.57 Å². The normalized spacial score (nSPS) is 17.8. The fourth-order valence-corrected chi connectivity index (χ4v) is 3.51. The molecule has 2 amide bonds. The number of hydrogen-bond donors (Lipinski definition) is 0. The molecule has 1 aromatic heterocycles. The van der Waals surface area contributed by atoms with Crippen molar-refractivity contribution in [3.63, 3.8) is 0 Å². The predicted molar refractivity (Wildman–Crippen MR) is 87.1 cm³/mol. The second kappa shape index (κ2) is 5.12. The van der Waals surface area contributed by atoms with Crippen molar-refractivity contribution in [1.29, 1.82) is 0 Å². The summed E-state index contributed by atoms with van der Waals surface area (Å²) in [5.74, 6) is -1.52. The fraction of sp³-hybridized carbons (Fsp3) is 0.278. The van der Waals surface area contributed by atoms with E-state index in [0.29, 0.717) is 34.9 Å². The van der Waals surface area contributed by atoms with E-state index in [9.17, 15) is 18.8 Å². The zero-order chi connectivity index (χ0) is 17.0. The molecule has 24 heavy (non-hydrogen) atoms. The second-order valence-corrected chi connectivity index (χ2v) is 6.20. The Morgan fingerprint density at radius 3 is 2.21 bits per heavy atom. The first-order valence-corrected chi connectivity index (χ1v) is 7.89. The number of nitrogens with zero attached hydrogens (tertiary/aromatic N) is 2. The number of aryl methyl sites for hydroxylation is 1. The van der Waals surface area contributed by atoms with E-state index in [1.807, 2.05) is 0 Å². The molecule has 0 atom stereocenters. The number of pyridine rings is 1. The standard InChI is InChI=1S/C18H15FN2O3/c1-20-14-9-15(13(19)8-10(14)6-7-16(20)22)21-17(23)11-4-2-3-5-12(11)18(21)24/h6-9H,2-5H2,1H3. The van der Waals surface area contributed by atoms with Gasteiger partial charge in [0.05, 0.1) is 11.2 Å². The Hall–Kier alpha value is -2.76. The Kier molecular flexibility index (Phi) is 3.16. The summed E-state index contributed by atoms with van der Waals surface area (Å²) in [4.78, 5) is 37.9. The number of carbonyl (C=O) groups excluding carboxylic acids is 2. The van der Waals surface area contributed by atoms with Gasteiger partial charge in [0, 0.05) is 29.6 Å². The largest absolute Gasteiger partial charge is 0.311 e. The summed E-state index contributed by atoms with van der Waals surface area (Å²) in [5, 5.41) is 0.537. The molecule has 0 unspecified atom stereocenters. The maximum atomic E-state index is 14.6. The highest BCUT2D eigenvalue weighted by atomic mass is 19.1. The number of amides is 2. The molecule has 6 heteroatoms. The molecule has 0 saturated heterocycles. The lowest BCUT2D eigenvalue weighted by Crippen LogP contribution is -2.32. The van der Waals surface area contributed by atoms with Crippen molar-refractivity contribution < 1.29 is 14.0 Å². The minimum atomic E-state index is -0.650. The Morgan fingerprint density at radius 2 is 1.58 bits per heavy atom. The lowest BCUT2D eigenvalue weighted by molar-refractivity contribution is -0.120. The third-order valence-corrected chi connectivity index (χ3v) is 4.82. The Labute approximate surface area is 137 Å². The van der Waals surface area contributed by atoms with Gasteiger partial charge in [-0.2, -0.15) is 0 Å². The van der Waals surface area contributed by atoms with Crippen LogP contribution in [0.25, 0.3) is 10.9 Å². The lowest BCUT2D eigenvalue weighted by atomic mass is 9.93. The summed E-state index contributed by atoms with van der Waals surface area (Å²) >= 11 is 0. The molecule has 0 N–H and O–H groups in total. The van der Waals surface area contributed by atoms with Crippen LogP contribution in [0.1, 0.15) is 25.7 Å². The van der Waals surface area contributed by atoms with Gasteiger partial charge in [-0.15, -0.1) is 0 Å². The molecular weight excluding hydrogens is 311 g/mol. The van der Waals surface area contributed by atoms with Gasteiger partial charge in [-0.3, -0.25) is 14.4 Å². The summed E-state index contributed by atoms with van der Waals surface area (Å²) < 4.78 is 15.9. The molecule has 1 aromatic carbocycles. The number of aromatic nitrogens is 1. The zero-order valence-corrected chi connectivity index (χ0v) is 13.1. The van der Waals surface area contributed by atoms with Crippen LogP contribution in [0.3, 0.4) is 0 Å². The van der Waals surface area contributed by atoms with Crippen LogP contribution >= 0.6 is 0 Å². The van der Waals surface area contributed by atoms with E-state index >= 15 is 0 Å². The fourth-order valence-electron chi connectivity index (χ4n) is 3.51. The first-order chi connectivity index (χ1) is 11.5. The molecule has 0 bridgehead atoms. The van der Waals surface area contributed by atoms with Crippen LogP contribution < -0.4 is 10.5 Å². The minimum Gasteiger partial charge on any atom is -0.311 e.